The second-order valence-corrected chi connectivity index (χ2v) is 5.49. The summed E-state index contributed by atoms with van der Waals surface area (Å²) in [6.07, 6.45) is 7.92. The monoisotopic (exact) mass is 256 g/mol. The second-order valence-electron chi connectivity index (χ2n) is 5.49. The molecule has 1 aliphatic rings. The normalized spacial score (nSPS) is 21.1. The molecule has 0 aliphatic heterocycles. The summed E-state index contributed by atoms with van der Waals surface area (Å²) in [6.45, 7) is 2.59. The van der Waals surface area contributed by atoms with E-state index in [1.165, 1.54) is 12.8 Å². The number of rotatable bonds is 6. The van der Waals surface area contributed by atoms with Crippen LogP contribution in [0.25, 0.3) is 0 Å². The van der Waals surface area contributed by atoms with Gasteiger partial charge in [-0.05, 0) is 25.7 Å². The Morgan fingerprint density at radius 2 is 1.94 bits per heavy atom. The highest BCUT2D eigenvalue weighted by molar-refractivity contribution is 5.83. The molecule has 1 amide bonds. The molecule has 0 bridgehead atoms. The summed E-state index contributed by atoms with van der Waals surface area (Å²) >= 11 is 0. The molecule has 0 spiro atoms. The molecule has 0 heterocycles. The Labute approximate surface area is 110 Å². The number of nitrogens with two attached hydrogens (primary N) is 1. The molecule has 4 nitrogen and oxygen atoms in total. The molecule has 4 heteroatoms. The predicted molar refractivity (Wildman–Crippen MR) is 73.1 cm³/mol. The van der Waals surface area contributed by atoms with Crippen molar-refractivity contribution >= 4 is 5.91 Å². The number of carbonyl (C=O) groups excluding carboxylic acids is 1. The number of hydrogen-bond acceptors (Lipinski definition) is 3. The van der Waals surface area contributed by atoms with E-state index >= 15 is 0 Å². The van der Waals surface area contributed by atoms with E-state index in [1.54, 1.807) is 0 Å². The van der Waals surface area contributed by atoms with Crippen LogP contribution >= 0.6 is 0 Å². The van der Waals surface area contributed by atoms with Crippen LogP contribution in [0.3, 0.4) is 0 Å². The lowest BCUT2D eigenvalue weighted by atomic mass is 9.79. The molecule has 1 rings (SSSR count). The van der Waals surface area contributed by atoms with Crippen molar-refractivity contribution in [2.45, 2.75) is 64.3 Å². The first-order valence-electron chi connectivity index (χ1n) is 7.30. The van der Waals surface area contributed by atoms with Crippen LogP contribution in [0.5, 0.6) is 0 Å². The molecule has 1 aliphatic carbocycles. The number of aliphatic hydroxyl groups excluding tert-OH is 1. The molecule has 0 aromatic carbocycles. The molecule has 1 fully saturated rings. The van der Waals surface area contributed by atoms with Crippen molar-refractivity contribution in [2.75, 3.05) is 13.2 Å². The largest absolute Gasteiger partial charge is 0.396 e. The Morgan fingerprint density at radius 3 is 2.39 bits per heavy atom. The first kappa shape index (κ1) is 15.4. The van der Waals surface area contributed by atoms with Crippen LogP contribution in [0.4, 0.5) is 0 Å². The van der Waals surface area contributed by atoms with Crippen LogP contribution in [-0.2, 0) is 4.79 Å². The van der Waals surface area contributed by atoms with E-state index in [9.17, 15) is 4.79 Å². The average molecular weight is 256 g/mol. The van der Waals surface area contributed by atoms with Crippen LogP contribution in [0.15, 0.2) is 0 Å². The maximum absolute atomic E-state index is 12.5. The van der Waals surface area contributed by atoms with Crippen molar-refractivity contribution < 1.29 is 9.90 Å². The van der Waals surface area contributed by atoms with Gasteiger partial charge in [0.15, 0.2) is 0 Å². The minimum Gasteiger partial charge on any atom is -0.396 e. The van der Waals surface area contributed by atoms with Crippen LogP contribution < -0.4 is 11.1 Å². The first-order chi connectivity index (χ1) is 8.68. The smallest absolute Gasteiger partial charge is 0.227 e. The summed E-state index contributed by atoms with van der Waals surface area (Å²) in [4.78, 5) is 12.5. The van der Waals surface area contributed by atoms with E-state index < -0.39 is 0 Å². The molecule has 0 aromatic rings. The standard InChI is InChI=1S/C14H28N2O2/c1-2-12(7-10-17)16-13(18)14(11-15)8-5-3-4-6-9-14/h12,17H,2-11,15H2,1H3,(H,16,18). The molecule has 0 saturated heterocycles. The lowest BCUT2D eigenvalue weighted by Crippen LogP contribution is -2.49. The third-order valence-corrected chi connectivity index (χ3v) is 4.24. The quantitative estimate of drug-likeness (QED) is 0.631. The molecule has 18 heavy (non-hydrogen) atoms. The highest BCUT2D eigenvalue weighted by Gasteiger charge is 2.37. The number of hydrogen-bond donors (Lipinski definition) is 3. The van der Waals surface area contributed by atoms with Crippen molar-refractivity contribution in [3.8, 4) is 0 Å². The Kier molecular flexibility index (Phi) is 6.65. The third kappa shape index (κ3) is 3.95. The zero-order chi connectivity index (χ0) is 13.4. The van der Waals surface area contributed by atoms with Crippen LogP contribution in [0, 0.1) is 5.41 Å². The number of carbonyl (C=O) groups is 1. The van der Waals surface area contributed by atoms with Crippen molar-refractivity contribution in [1.29, 1.82) is 0 Å². The molecule has 106 valence electrons. The summed E-state index contributed by atoms with van der Waals surface area (Å²) in [7, 11) is 0. The van der Waals surface area contributed by atoms with Gasteiger partial charge >= 0.3 is 0 Å². The zero-order valence-electron chi connectivity index (χ0n) is 11.6. The third-order valence-electron chi connectivity index (χ3n) is 4.24. The van der Waals surface area contributed by atoms with Crippen LogP contribution in [0.2, 0.25) is 0 Å². The predicted octanol–water partition coefficient (Wildman–Crippen LogP) is 1.56. The van der Waals surface area contributed by atoms with Gasteiger partial charge in [0.25, 0.3) is 0 Å². The van der Waals surface area contributed by atoms with E-state index in [0.29, 0.717) is 13.0 Å². The van der Waals surface area contributed by atoms with Crippen LogP contribution in [-0.4, -0.2) is 30.2 Å². The number of nitrogens with one attached hydrogen (secondary N) is 1. The number of aliphatic hydroxyl groups is 1. The Bertz CT molecular complexity index is 248. The van der Waals surface area contributed by atoms with Gasteiger partial charge in [-0.25, -0.2) is 0 Å². The Morgan fingerprint density at radius 1 is 1.33 bits per heavy atom. The average Bonchev–Trinajstić information content (AvgIpc) is 2.64. The molecule has 1 atom stereocenters. The summed E-state index contributed by atoms with van der Waals surface area (Å²) in [5, 5.41) is 12.1. The lowest BCUT2D eigenvalue weighted by molar-refractivity contribution is -0.132. The van der Waals surface area contributed by atoms with Gasteiger partial charge in [0, 0.05) is 19.2 Å². The molecule has 1 unspecified atom stereocenters. The maximum atomic E-state index is 12.5. The van der Waals surface area contributed by atoms with Gasteiger partial charge in [-0.2, -0.15) is 0 Å². The minimum atomic E-state index is -0.362. The summed E-state index contributed by atoms with van der Waals surface area (Å²) < 4.78 is 0. The molecule has 1 saturated carbocycles. The fraction of sp³-hybridized carbons (Fsp3) is 0.929. The topological polar surface area (TPSA) is 75.3 Å². The minimum absolute atomic E-state index is 0.0779. The first-order valence-corrected chi connectivity index (χ1v) is 7.30. The van der Waals surface area contributed by atoms with Gasteiger partial charge in [0.05, 0.1) is 5.41 Å². The highest BCUT2D eigenvalue weighted by Crippen LogP contribution is 2.34. The van der Waals surface area contributed by atoms with Gasteiger partial charge in [-0.15, -0.1) is 0 Å². The molecule has 0 radical (unpaired) electrons. The Balaban J connectivity index is 2.64. The molecular formula is C14H28N2O2. The SMILES string of the molecule is CCC(CCO)NC(=O)C1(CN)CCCCCC1. The zero-order valence-corrected chi connectivity index (χ0v) is 11.6. The van der Waals surface area contributed by atoms with E-state index in [0.717, 1.165) is 32.1 Å². The van der Waals surface area contributed by atoms with Gasteiger partial charge in [0.2, 0.25) is 5.91 Å². The summed E-state index contributed by atoms with van der Waals surface area (Å²) in [5.41, 5.74) is 5.53. The van der Waals surface area contributed by atoms with E-state index in [-0.39, 0.29) is 24.0 Å². The van der Waals surface area contributed by atoms with Gasteiger partial charge in [-0.3, -0.25) is 4.79 Å². The maximum Gasteiger partial charge on any atom is 0.227 e. The van der Waals surface area contributed by atoms with E-state index in [4.69, 9.17) is 10.8 Å². The van der Waals surface area contributed by atoms with Gasteiger partial charge in [0.1, 0.15) is 0 Å². The summed E-state index contributed by atoms with van der Waals surface area (Å²) in [5.74, 6) is 0.104. The van der Waals surface area contributed by atoms with Gasteiger partial charge < -0.3 is 16.2 Å². The fourth-order valence-electron chi connectivity index (χ4n) is 2.80. The highest BCUT2D eigenvalue weighted by atomic mass is 16.3. The van der Waals surface area contributed by atoms with E-state index in [2.05, 4.69) is 5.32 Å². The van der Waals surface area contributed by atoms with Crippen molar-refractivity contribution in [3.63, 3.8) is 0 Å². The fourth-order valence-corrected chi connectivity index (χ4v) is 2.80. The second kappa shape index (κ2) is 7.74. The van der Waals surface area contributed by atoms with Crippen molar-refractivity contribution in [1.82, 2.24) is 5.32 Å². The lowest BCUT2D eigenvalue weighted by Gasteiger charge is -2.32. The van der Waals surface area contributed by atoms with Crippen LogP contribution in [0.1, 0.15) is 58.3 Å². The van der Waals surface area contributed by atoms with Crippen molar-refractivity contribution in [2.24, 2.45) is 11.1 Å². The summed E-state index contributed by atoms with van der Waals surface area (Å²) in [6, 6.07) is 0.0779. The molecule has 0 aromatic heterocycles. The van der Waals surface area contributed by atoms with Gasteiger partial charge in [-0.1, -0.05) is 32.6 Å². The molecular weight excluding hydrogens is 228 g/mol. The molecule has 4 N–H and O–H groups in total. The van der Waals surface area contributed by atoms with Crippen molar-refractivity contribution in [3.05, 3.63) is 0 Å². The number of amides is 1. The van der Waals surface area contributed by atoms with E-state index in [1.807, 2.05) is 6.92 Å². The Hall–Kier alpha value is -0.610.